The number of carbonyl (C=O) groups is 1. The molecule has 1 fully saturated rings. The van der Waals surface area contributed by atoms with Gasteiger partial charge in [-0.3, -0.25) is 0 Å². The number of benzene rings is 1. The topological polar surface area (TPSA) is 64.3 Å². The van der Waals surface area contributed by atoms with E-state index in [2.05, 4.69) is 5.32 Å². The molecule has 1 aromatic rings. The molecule has 0 unspecified atom stereocenters. The summed E-state index contributed by atoms with van der Waals surface area (Å²) in [5, 5.41) is 3.39. The van der Waals surface area contributed by atoms with Crippen molar-refractivity contribution in [1.29, 1.82) is 0 Å². The van der Waals surface area contributed by atoms with Gasteiger partial charge in [0.15, 0.2) is 0 Å². The maximum atomic E-state index is 11.7. The molecule has 4 heteroatoms. The van der Waals surface area contributed by atoms with E-state index in [9.17, 15) is 4.79 Å². The van der Waals surface area contributed by atoms with Gasteiger partial charge in [-0.15, -0.1) is 0 Å². The first-order chi connectivity index (χ1) is 9.70. The molecule has 1 aliphatic rings. The fourth-order valence-corrected chi connectivity index (χ4v) is 2.70. The Hall–Kier alpha value is -1.71. The highest BCUT2D eigenvalue weighted by atomic mass is 16.5. The van der Waals surface area contributed by atoms with Gasteiger partial charge in [-0.2, -0.15) is 0 Å². The van der Waals surface area contributed by atoms with Crippen LogP contribution in [-0.4, -0.2) is 19.1 Å². The molecular formula is C16H24N2O2. The second-order valence-electron chi connectivity index (χ2n) is 5.41. The van der Waals surface area contributed by atoms with Crippen LogP contribution in [0, 0.1) is 5.92 Å². The van der Waals surface area contributed by atoms with Crippen LogP contribution in [0.3, 0.4) is 0 Å². The number of anilines is 2. The lowest BCUT2D eigenvalue weighted by atomic mass is 9.89. The lowest BCUT2D eigenvalue weighted by Crippen LogP contribution is -2.18. The Kier molecular flexibility index (Phi) is 5.27. The lowest BCUT2D eigenvalue weighted by molar-refractivity contribution is 0.0526. The van der Waals surface area contributed by atoms with Crippen LogP contribution in [-0.2, 0) is 4.74 Å². The Bertz CT molecular complexity index is 454. The largest absolute Gasteiger partial charge is 0.462 e. The van der Waals surface area contributed by atoms with E-state index in [0.29, 0.717) is 17.9 Å². The summed E-state index contributed by atoms with van der Waals surface area (Å²) >= 11 is 0. The highest BCUT2D eigenvalue weighted by molar-refractivity contribution is 5.92. The molecule has 110 valence electrons. The number of nitrogens with one attached hydrogen (secondary N) is 1. The molecule has 1 aromatic carbocycles. The Labute approximate surface area is 120 Å². The number of carbonyl (C=O) groups excluding carboxylic acids is 1. The second kappa shape index (κ2) is 7.17. The molecule has 1 saturated carbocycles. The van der Waals surface area contributed by atoms with Crippen molar-refractivity contribution in [3.8, 4) is 0 Å². The minimum Gasteiger partial charge on any atom is -0.462 e. The van der Waals surface area contributed by atoms with Crippen molar-refractivity contribution in [2.45, 2.75) is 39.0 Å². The highest BCUT2D eigenvalue weighted by Gasteiger charge is 2.14. The maximum Gasteiger partial charge on any atom is 0.338 e. The van der Waals surface area contributed by atoms with E-state index in [4.69, 9.17) is 10.5 Å². The summed E-state index contributed by atoms with van der Waals surface area (Å²) < 4.78 is 5.01. The monoisotopic (exact) mass is 276 g/mol. The van der Waals surface area contributed by atoms with Crippen molar-refractivity contribution in [3.63, 3.8) is 0 Å². The molecule has 0 saturated heterocycles. The minimum absolute atomic E-state index is 0.298. The highest BCUT2D eigenvalue weighted by Crippen LogP contribution is 2.26. The van der Waals surface area contributed by atoms with Crippen molar-refractivity contribution in [3.05, 3.63) is 23.8 Å². The average molecular weight is 276 g/mol. The molecular weight excluding hydrogens is 252 g/mol. The zero-order valence-corrected chi connectivity index (χ0v) is 12.2. The molecule has 0 amide bonds. The predicted molar refractivity (Wildman–Crippen MR) is 81.9 cm³/mol. The number of rotatable bonds is 5. The predicted octanol–water partition coefficient (Wildman–Crippen LogP) is 3.44. The van der Waals surface area contributed by atoms with Crippen molar-refractivity contribution in [1.82, 2.24) is 0 Å². The van der Waals surface area contributed by atoms with Crippen molar-refractivity contribution in [2.75, 3.05) is 24.2 Å². The summed E-state index contributed by atoms with van der Waals surface area (Å²) in [6.07, 6.45) is 6.57. The fourth-order valence-electron chi connectivity index (χ4n) is 2.70. The van der Waals surface area contributed by atoms with Gasteiger partial charge in [0.1, 0.15) is 0 Å². The van der Waals surface area contributed by atoms with Gasteiger partial charge in [0, 0.05) is 6.54 Å². The molecule has 0 aromatic heterocycles. The van der Waals surface area contributed by atoms with Crippen LogP contribution in [0.2, 0.25) is 0 Å². The normalized spacial score (nSPS) is 15.8. The first-order valence-electron chi connectivity index (χ1n) is 7.51. The Morgan fingerprint density at radius 1 is 1.35 bits per heavy atom. The van der Waals surface area contributed by atoms with Crippen LogP contribution in [0.1, 0.15) is 49.4 Å². The van der Waals surface area contributed by atoms with Gasteiger partial charge < -0.3 is 15.8 Å². The zero-order chi connectivity index (χ0) is 14.4. The van der Waals surface area contributed by atoms with E-state index in [1.807, 2.05) is 0 Å². The van der Waals surface area contributed by atoms with Crippen LogP contribution >= 0.6 is 0 Å². The number of ether oxygens (including phenoxy) is 1. The number of nitrogens with two attached hydrogens (primary N) is 1. The smallest absolute Gasteiger partial charge is 0.338 e. The van der Waals surface area contributed by atoms with Gasteiger partial charge in [-0.25, -0.2) is 4.79 Å². The quantitative estimate of drug-likeness (QED) is 0.638. The molecule has 0 bridgehead atoms. The molecule has 20 heavy (non-hydrogen) atoms. The van der Waals surface area contributed by atoms with Gasteiger partial charge >= 0.3 is 5.97 Å². The molecule has 0 heterocycles. The minimum atomic E-state index is -0.298. The zero-order valence-electron chi connectivity index (χ0n) is 12.2. The summed E-state index contributed by atoms with van der Waals surface area (Å²) in [6, 6.07) is 5.25. The third-order valence-corrected chi connectivity index (χ3v) is 3.87. The average Bonchev–Trinajstić information content (AvgIpc) is 2.47. The Morgan fingerprint density at radius 3 is 2.80 bits per heavy atom. The van der Waals surface area contributed by atoms with E-state index < -0.39 is 0 Å². The molecule has 0 aliphatic heterocycles. The van der Waals surface area contributed by atoms with Gasteiger partial charge in [0.25, 0.3) is 0 Å². The van der Waals surface area contributed by atoms with Crippen molar-refractivity contribution >= 4 is 17.3 Å². The van der Waals surface area contributed by atoms with Gasteiger partial charge in [-0.1, -0.05) is 19.3 Å². The summed E-state index contributed by atoms with van der Waals surface area (Å²) in [7, 11) is 0. The summed E-state index contributed by atoms with van der Waals surface area (Å²) in [5.41, 5.74) is 8.02. The van der Waals surface area contributed by atoms with Gasteiger partial charge in [0.05, 0.1) is 23.5 Å². The van der Waals surface area contributed by atoms with Crippen molar-refractivity contribution in [2.24, 2.45) is 5.92 Å². The third-order valence-electron chi connectivity index (χ3n) is 3.87. The number of hydrogen-bond donors (Lipinski definition) is 2. The first kappa shape index (κ1) is 14.7. The van der Waals surface area contributed by atoms with Gasteiger partial charge in [-0.05, 0) is 43.9 Å². The first-order valence-corrected chi connectivity index (χ1v) is 7.51. The second-order valence-corrected chi connectivity index (χ2v) is 5.41. The van der Waals surface area contributed by atoms with Crippen LogP contribution in [0.25, 0.3) is 0 Å². The molecule has 0 radical (unpaired) electrons. The van der Waals surface area contributed by atoms with E-state index >= 15 is 0 Å². The van der Waals surface area contributed by atoms with E-state index in [1.54, 1.807) is 25.1 Å². The fraction of sp³-hybridized carbons (Fsp3) is 0.562. The van der Waals surface area contributed by atoms with Crippen LogP contribution in [0.15, 0.2) is 18.2 Å². The maximum absolute atomic E-state index is 11.7. The molecule has 0 spiro atoms. The SMILES string of the molecule is CCOC(=O)c1ccc(N)c(NCC2CCCCC2)c1. The summed E-state index contributed by atoms with van der Waals surface area (Å²) in [6.45, 7) is 3.11. The van der Waals surface area contributed by atoms with Crippen molar-refractivity contribution < 1.29 is 9.53 Å². The third kappa shape index (κ3) is 3.89. The Morgan fingerprint density at radius 2 is 2.10 bits per heavy atom. The molecule has 4 nitrogen and oxygen atoms in total. The standard InChI is InChI=1S/C16H24N2O2/c1-2-20-16(19)13-8-9-14(17)15(10-13)18-11-12-6-4-3-5-7-12/h8-10,12,18H,2-7,11,17H2,1H3. The summed E-state index contributed by atoms with van der Waals surface area (Å²) in [4.78, 5) is 11.7. The molecule has 1 aliphatic carbocycles. The molecule has 2 rings (SSSR count). The van der Waals surface area contributed by atoms with Crippen LogP contribution < -0.4 is 11.1 Å². The molecule has 0 atom stereocenters. The number of hydrogen-bond acceptors (Lipinski definition) is 4. The van der Waals surface area contributed by atoms with Gasteiger partial charge in [0.2, 0.25) is 0 Å². The number of nitrogen functional groups attached to an aromatic ring is 1. The van der Waals surface area contributed by atoms with Crippen LogP contribution in [0.5, 0.6) is 0 Å². The molecule has 3 N–H and O–H groups in total. The lowest BCUT2D eigenvalue weighted by Gasteiger charge is -2.22. The number of esters is 1. The van der Waals surface area contributed by atoms with E-state index in [1.165, 1.54) is 32.1 Å². The Balaban J connectivity index is 1.98. The summed E-state index contributed by atoms with van der Waals surface area (Å²) in [5.74, 6) is 0.419. The van der Waals surface area contributed by atoms with E-state index in [-0.39, 0.29) is 5.97 Å². The van der Waals surface area contributed by atoms with E-state index in [0.717, 1.165) is 18.2 Å². The van der Waals surface area contributed by atoms with Crippen LogP contribution in [0.4, 0.5) is 11.4 Å².